The number of hydrogen-bond donors (Lipinski definition) is 0. The monoisotopic (exact) mass is 311 g/mol. The molecule has 3 heteroatoms. The standard InChI is InChI=1S/C19H21NOS/c1-13-4-5-14(2)16(10-13)11-17-7-8-18(22-17)15-6-9-19(21-3)20-12-15/h4-10,12,14,16H,11H2,1-3H3. The van der Waals surface area contributed by atoms with E-state index in [1.807, 2.05) is 23.6 Å². The van der Waals surface area contributed by atoms with E-state index in [-0.39, 0.29) is 0 Å². The van der Waals surface area contributed by atoms with Gasteiger partial charge in [-0.1, -0.05) is 30.7 Å². The summed E-state index contributed by atoms with van der Waals surface area (Å²) in [5.74, 6) is 1.87. The van der Waals surface area contributed by atoms with Crippen molar-refractivity contribution in [3.63, 3.8) is 0 Å². The summed E-state index contributed by atoms with van der Waals surface area (Å²) in [7, 11) is 1.64. The van der Waals surface area contributed by atoms with Gasteiger partial charge < -0.3 is 4.74 Å². The van der Waals surface area contributed by atoms with Gasteiger partial charge in [0.05, 0.1) is 7.11 Å². The van der Waals surface area contributed by atoms with Crippen LogP contribution in [0.5, 0.6) is 5.88 Å². The normalized spacial score (nSPS) is 20.8. The van der Waals surface area contributed by atoms with E-state index in [4.69, 9.17) is 4.74 Å². The molecule has 114 valence electrons. The Morgan fingerprint density at radius 3 is 2.82 bits per heavy atom. The highest BCUT2D eigenvalue weighted by atomic mass is 32.1. The Bertz CT molecular complexity index is 696. The number of aromatic nitrogens is 1. The van der Waals surface area contributed by atoms with Crippen LogP contribution in [0, 0.1) is 11.8 Å². The van der Waals surface area contributed by atoms with Gasteiger partial charge >= 0.3 is 0 Å². The van der Waals surface area contributed by atoms with Gasteiger partial charge in [0.2, 0.25) is 5.88 Å². The summed E-state index contributed by atoms with van der Waals surface area (Å²) in [4.78, 5) is 6.99. The van der Waals surface area contributed by atoms with E-state index in [9.17, 15) is 0 Å². The van der Waals surface area contributed by atoms with Gasteiger partial charge in [0.1, 0.15) is 0 Å². The molecule has 2 nitrogen and oxygen atoms in total. The van der Waals surface area contributed by atoms with Crippen molar-refractivity contribution in [1.82, 2.24) is 4.98 Å². The summed E-state index contributed by atoms with van der Waals surface area (Å²) in [5, 5.41) is 0. The SMILES string of the molecule is COc1ccc(-c2ccc(CC3C=C(C)C=CC3C)s2)cn1. The van der Waals surface area contributed by atoms with E-state index < -0.39 is 0 Å². The Morgan fingerprint density at radius 1 is 1.23 bits per heavy atom. The second-order valence-corrected chi connectivity index (χ2v) is 7.02. The van der Waals surface area contributed by atoms with Gasteiger partial charge in [-0.25, -0.2) is 4.98 Å². The molecule has 2 unspecified atom stereocenters. The first-order valence-electron chi connectivity index (χ1n) is 7.61. The van der Waals surface area contributed by atoms with Crippen molar-refractivity contribution in [1.29, 1.82) is 0 Å². The van der Waals surface area contributed by atoms with Gasteiger partial charge in [-0.3, -0.25) is 0 Å². The van der Waals surface area contributed by atoms with E-state index in [0.717, 1.165) is 12.0 Å². The molecule has 2 heterocycles. The second kappa shape index (κ2) is 6.49. The minimum absolute atomic E-state index is 0.602. The lowest BCUT2D eigenvalue weighted by Crippen LogP contribution is -2.12. The van der Waals surface area contributed by atoms with Gasteiger partial charge in [0, 0.05) is 27.6 Å². The van der Waals surface area contributed by atoms with E-state index in [1.165, 1.54) is 15.3 Å². The molecule has 2 atom stereocenters. The summed E-state index contributed by atoms with van der Waals surface area (Å²) >= 11 is 1.86. The predicted molar refractivity (Wildman–Crippen MR) is 93.4 cm³/mol. The first-order valence-corrected chi connectivity index (χ1v) is 8.43. The fourth-order valence-electron chi connectivity index (χ4n) is 2.76. The van der Waals surface area contributed by atoms with Crippen LogP contribution >= 0.6 is 11.3 Å². The molecule has 0 radical (unpaired) electrons. The number of methoxy groups -OCH3 is 1. The van der Waals surface area contributed by atoms with Gasteiger partial charge in [0.25, 0.3) is 0 Å². The summed E-state index contributed by atoms with van der Waals surface area (Å²) in [6, 6.07) is 8.42. The zero-order chi connectivity index (χ0) is 15.5. The van der Waals surface area contributed by atoms with E-state index in [1.54, 1.807) is 7.11 Å². The van der Waals surface area contributed by atoms with Gasteiger partial charge in [-0.15, -0.1) is 11.3 Å². The molecular weight excluding hydrogens is 290 g/mol. The number of pyridine rings is 1. The molecule has 2 aromatic heterocycles. The number of ether oxygens (including phenoxy) is 1. The predicted octanol–water partition coefficient (Wildman–Crippen LogP) is 5.13. The largest absolute Gasteiger partial charge is 0.481 e. The Hall–Kier alpha value is -1.87. The number of thiophene rings is 1. The Morgan fingerprint density at radius 2 is 2.09 bits per heavy atom. The fraction of sp³-hybridized carbons (Fsp3) is 0.316. The maximum atomic E-state index is 5.11. The zero-order valence-electron chi connectivity index (χ0n) is 13.2. The maximum absolute atomic E-state index is 5.11. The Kier molecular flexibility index (Phi) is 4.44. The van der Waals surface area contributed by atoms with Crippen molar-refractivity contribution in [2.24, 2.45) is 11.8 Å². The third-order valence-corrected chi connectivity index (χ3v) is 5.30. The number of rotatable bonds is 4. The summed E-state index contributed by atoms with van der Waals surface area (Å²) in [6.07, 6.45) is 9.94. The first-order chi connectivity index (χ1) is 10.7. The van der Waals surface area contributed by atoms with Gasteiger partial charge in [-0.05, 0) is 43.4 Å². The highest BCUT2D eigenvalue weighted by Crippen LogP contribution is 2.32. The van der Waals surface area contributed by atoms with Gasteiger partial charge in [-0.2, -0.15) is 0 Å². The lowest BCUT2D eigenvalue weighted by Gasteiger charge is -2.21. The molecule has 0 N–H and O–H groups in total. The molecule has 0 saturated carbocycles. The Labute approximate surface area is 136 Å². The minimum atomic E-state index is 0.602. The molecule has 0 aromatic carbocycles. The molecule has 0 bridgehead atoms. The van der Waals surface area contributed by atoms with Crippen LogP contribution in [0.4, 0.5) is 0 Å². The molecule has 0 amide bonds. The molecule has 3 rings (SSSR count). The lowest BCUT2D eigenvalue weighted by molar-refractivity contribution is 0.398. The fourth-order valence-corrected chi connectivity index (χ4v) is 3.83. The minimum Gasteiger partial charge on any atom is -0.481 e. The average Bonchev–Trinajstić information content (AvgIpc) is 2.99. The van der Waals surface area contributed by atoms with E-state index in [2.05, 4.69) is 55.3 Å². The van der Waals surface area contributed by atoms with Crippen LogP contribution in [0.2, 0.25) is 0 Å². The number of hydrogen-bond acceptors (Lipinski definition) is 3. The van der Waals surface area contributed by atoms with Crippen molar-refractivity contribution in [2.45, 2.75) is 20.3 Å². The van der Waals surface area contributed by atoms with Gasteiger partial charge in [0.15, 0.2) is 0 Å². The second-order valence-electron chi connectivity index (χ2n) is 5.85. The third-order valence-electron chi connectivity index (χ3n) is 4.14. The molecule has 1 aliphatic rings. The molecule has 0 aliphatic heterocycles. The lowest BCUT2D eigenvalue weighted by atomic mass is 9.85. The molecule has 22 heavy (non-hydrogen) atoms. The summed E-state index contributed by atoms with van der Waals surface area (Å²) in [6.45, 7) is 4.48. The molecule has 0 saturated heterocycles. The van der Waals surface area contributed by atoms with Crippen LogP contribution < -0.4 is 4.74 Å². The third kappa shape index (κ3) is 3.30. The number of allylic oxidation sites excluding steroid dienone is 4. The number of nitrogens with zero attached hydrogens (tertiary/aromatic N) is 1. The summed E-state index contributed by atoms with van der Waals surface area (Å²) in [5.41, 5.74) is 2.53. The van der Waals surface area contributed by atoms with Crippen molar-refractivity contribution in [3.8, 4) is 16.3 Å². The highest BCUT2D eigenvalue weighted by molar-refractivity contribution is 7.15. The van der Waals surface area contributed by atoms with Crippen LogP contribution in [0.3, 0.4) is 0 Å². The maximum Gasteiger partial charge on any atom is 0.212 e. The van der Waals surface area contributed by atoms with Crippen LogP contribution in [0.15, 0.2) is 54.3 Å². The molecular formula is C19H21NOS. The van der Waals surface area contributed by atoms with Crippen molar-refractivity contribution in [3.05, 3.63) is 59.1 Å². The van der Waals surface area contributed by atoms with Crippen LogP contribution in [0.1, 0.15) is 18.7 Å². The Balaban J connectivity index is 1.74. The molecule has 1 aliphatic carbocycles. The molecule has 2 aromatic rings. The average molecular weight is 311 g/mol. The zero-order valence-corrected chi connectivity index (χ0v) is 14.1. The van der Waals surface area contributed by atoms with Crippen molar-refractivity contribution >= 4 is 11.3 Å². The van der Waals surface area contributed by atoms with Crippen molar-refractivity contribution in [2.75, 3.05) is 7.11 Å². The quantitative estimate of drug-likeness (QED) is 0.781. The smallest absolute Gasteiger partial charge is 0.212 e. The molecule has 0 spiro atoms. The van der Waals surface area contributed by atoms with Crippen LogP contribution in [-0.4, -0.2) is 12.1 Å². The van der Waals surface area contributed by atoms with E-state index in [0.29, 0.717) is 17.7 Å². The highest BCUT2D eigenvalue weighted by Gasteiger charge is 2.17. The topological polar surface area (TPSA) is 22.1 Å². The molecule has 0 fully saturated rings. The summed E-state index contributed by atoms with van der Waals surface area (Å²) < 4.78 is 5.11. The first kappa shape index (κ1) is 15.0. The van der Waals surface area contributed by atoms with E-state index >= 15 is 0 Å². The van der Waals surface area contributed by atoms with Crippen molar-refractivity contribution < 1.29 is 4.74 Å². The van der Waals surface area contributed by atoms with Crippen LogP contribution in [-0.2, 0) is 6.42 Å². The van der Waals surface area contributed by atoms with Crippen LogP contribution in [0.25, 0.3) is 10.4 Å².